The molecule has 2 nitrogen and oxygen atoms in total. The quantitative estimate of drug-likeness (QED) is 0.841. The zero-order valence-electron chi connectivity index (χ0n) is 10.3. The van der Waals surface area contributed by atoms with Crippen molar-refractivity contribution < 1.29 is 4.74 Å². The second kappa shape index (κ2) is 5.19. The lowest BCUT2D eigenvalue weighted by molar-refractivity contribution is 0.185. The van der Waals surface area contributed by atoms with E-state index < -0.39 is 0 Å². The summed E-state index contributed by atoms with van der Waals surface area (Å²) in [6.45, 7) is 3.96. The van der Waals surface area contributed by atoms with Crippen LogP contribution in [0.3, 0.4) is 0 Å². The molecule has 2 heteroatoms. The highest BCUT2D eigenvalue weighted by molar-refractivity contribution is 5.27. The predicted molar refractivity (Wildman–Crippen MR) is 69.0 cm³/mol. The Balaban J connectivity index is 1.44. The van der Waals surface area contributed by atoms with E-state index in [0.29, 0.717) is 0 Å². The van der Waals surface area contributed by atoms with Gasteiger partial charge in [0, 0.05) is 19.7 Å². The Morgan fingerprint density at radius 3 is 2.59 bits per heavy atom. The molecule has 0 aromatic heterocycles. The molecule has 0 radical (unpaired) electrons. The maximum Gasteiger partial charge on any atom is 0.0507 e. The highest BCUT2D eigenvalue weighted by Crippen LogP contribution is 2.39. The fourth-order valence-corrected chi connectivity index (χ4v) is 2.49. The van der Waals surface area contributed by atoms with Crippen LogP contribution in [0.15, 0.2) is 24.3 Å². The van der Waals surface area contributed by atoms with Crippen LogP contribution in [0.25, 0.3) is 0 Å². The van der Waals surface area contributed by atoms with Crippen LogP contribution in [-0.2, 0) is 11.3 Å². The molecule has 92 valence electrons. The smallest absolute Gasteiger partial charge is 0.0507 e. The van der Waals surface area contributed by atoms with Crippen LogP contribution >= 0.6 is 0 Å². The van der Waals surface area contributed by atoms with Gasteiger partial charge in [-0.05, 0) is 42.2 Å². The molecule has 1 N–H and O–H groups in total. The van der Waals surface area contributed by atoms with E-state index in [1.165, 1.54) is 30.4 Å². The summed E-state index contributed by atoms with van der Waals surface area (Å²) in [5, 5.41) is 3.53. The molecular formula is C15H21NO. The molecule has 0 amide bonds. The average Bonchev–Trinajstić information content (AvgIpc) is 3.08. The van der Waals surface area contributed by atoms with E-state index >= 15 is 0 Å². The highest BCUT2D eigenvalue weighted by atomic mass is 16.5. The Labute approximate surface area is 103 Å². The van der Waals surface area contributed by atoms with Gasteiger partial charge in [0.2, 0.25) is 0 Å². The van der Waals surface area contributed by atoms with Gasteiger partial charge in [-0.1, -0.05) is 24.3 Å². The Morgan fingerprint density at radius 2 is 1.94 bits per heavy atom. The third-order valence-electron chi connectivity index (χ3n) is 3.81. The Bertz CT molecular complexity index is 350. The van der Waals surface area contributed by atoms with Crippen molar-refractivity contribution in [3.05, 3.63) is 35.4 Å². The summed E-state index contributed by atoms with van der Waals surface area (Å²) in [4.78, 5) is 0. The van der Waals surface area contributed by atoms with Gasteiger partial charge in [-0.2, -0.15) is 0 Å². The second-order valence-electron chi connectivity index (χ2n) is 5.38. The molecule has 1 heterocycles. The van der Waals surface area contributed by atoms with E-state index in [-0.39, 0.29) is 0 Å². The van der Waals surface area contributed by atoms with Crippen molar-refractivity contribution >= 4 is 0 Å². The van der Waals surface area contributed by atoms with E-state index in [1.54, 1.807) is 0 Å². The van der Waals surface area contributed by atoms with Crippen molar-refractivity contribution in [1.29, 1.82) is 0 Å². The summed E-state index contributed by atoms with van der Waals surface area (Å²) in [6.07, 6.45) is 3.99. The van der Waals surface area contributed by atoms with E-state index in [4.69, 9.17) is 4.74 Å². The van der Waals surface area contributed by atoms with Crippen LogP contribution in [0.4, 0.5) is 0 Å². The molecule has 3 rings (SSSR count). The Morgan fingerprint density at radius 1 is 1.12 bits per heavy atom. The Kier molecular flexibility index (Phi) is 3.44. The van der Waals surface area contributed by atoms with Crippen LogP contribution in [0.2, 0.25) is 0 Å². The van der Waals surface area contributed by atoms with Gasteiger partial charge in [-0.25, -0.2) is 0 Å². The minimum Gasteiger partial charge on any atom is -0.381 e. The van der Waals surface area contributed by atoms with Crippen molar-refractivity contribution in [3.8, 4) is 0 Å². The summed E-state index contributed by atoms with van der Waals surface area (Å²) in [7, 11) is 0. The molecule has 1 saturated carbocycles. The SMILES string of the molecule is c1cc(C2CC2)ccc1CNCC1CCOC1. The van der Waals surface area contributed by atoms with Crippen LogP contribution in [0.5, 0.6) is 0 Å². The highest BCUT2D eigenvalue weighted by Gasteiger charge is 2.22. The van der Waals surface area contributed by atoms with Crippen LogP contribution < -0.4 is 5.32 Å². The molecule has 1 unspecified atom stereocenters. The molecule has 1 saturated heterocycles. The number of hydrogen-bond donors (Lipinski definition) is 1. The van der Waals surface area contributed by atoms with Crippen LogP contribution in [-0.4, -0.2) is 19.8 Å². The molecule has 1 aliphatic carbocycles. The first-order valence-corrected chi connectivity index (χ1v) is 6.79. The molecule has 1 aromatic rings. The summed E-state index contributed by atoms with van der Waals surface area (Å²) >= 11 is 0. The first-order chi connectivity index (χ1) is 8.42. The fourth-order valence-electron chi connectivity index (χ4n) is 2.49. The maximum absolute atomic E-state index is 5.37. The number of hydrogen-bond acceptors (Lipinski definition) is 2. The van der Waals surface area contributed by atoms with E-state index in [0.717, 1.165) is 38.1 Å². The number of benzene rings is 1. The zero-order valence-corrected chi connectivity index (χ0v) is 10.3. The lowest BCUT2D eigenvalue weighted by atomic mass is 10.1. The van der Waals surface area contributed by atoms with Crippen LogP contribution in [0, 0.1) is 5.92 Å². The van der Waals surface area contributed by atoms with Crippen molar-refractivity contribution in [3.63, 3.8) is 0 Å². The molecule has 2 fully saturated rings. The third kappa shape index (κ3) is 3.08. The van der Waals surface area contributed by atoms with Gasteiger partial charge in [0.05, 0.1) is 6.61 Å². The topological polar surface area (TPSA) is 21.3 Å². The van der Waals surface area contributed by atoms with Gasteiger partial charge >= 0.3 is 0 Å². The van der Waals surface area contributed by atoms with Crippen LogP contribution in [0.1, 0.15) is 36.3 Å². The van der Waals surface area contributed by atoms with E-state index in [9.17, 15) is 0 Å². The van der Waals surface area contributed by atoms with Gasteiger partial charge in [-0.15, -0.1) is 0 Å². The molecule has 1 atom stereocenters. The van der Waals surface area contributed by atoms with Gasteiger partial charge < -0.3 is 10.1 Å². The van der Waals surface area contributed by atoms with E-state index in [1.807, 2.05) is 0 Å². The van der Waals surface area contributed by atoms with Gasteiger partial charge in [0.15, 0.2) is 0 Å². The maximum atomic E-state index is 5.37. The standard InChI is InChI=1S/C15H21NO/c1-3-14(15-5-6-15)4-2-12(1)9-16-10-13-7-8-17-11-13/h1-4,13,15-16H,5-11H2. The molecule has 1 aromatic carbocycles. The number of nitrogens with one attached hydrogen (secondary N) is 1. The molecular weight excluding hydrogens is 210 g/mol. The molecule has 2 aliphatic rings. The summed E-state index contributed by atoms with van der Waals surface area (Å²) in [5.74, 6) is 1.59. The summed E-state index contributed by atoms with van der Waals surface area (Å²) < 4.78 is 5.37. The van der Waals surface area contributed by atoms with Crippen molar-refractivity contribution in [1.82, 2.24) is 5.32 Å². The minimum atomic E-state index is 0.723. The zero-order chi connectivity index (χ0) is 11.5. The molecule has 17 heavy (non-hydrogen) atoms. The number of rotatable bonds is 5. The van der Waals surface area contributed by atoms with Crippen molar-refractivity contribution in [2.75, 3.05) is 19.8 Å². The lowest BCUT2D eigenvalue weighted by Crippen LogP contribution is -2.22. The molecule has 1 aliphatic heterocycles. The summed E-state index contributed by atoms with van der Waals surface area (Å²) in [6, 6.07) is 9.14. The minimum absolute atomic E-state index is 0.723. The average molecular weight is 231 g/mol. The first-order valence-electron chi connectivity index (χ1n) is 6.79. The lowest BCUT2D eigenvalue weighted by Gasteiger charge is -2.09. The Hall–Kier alpha value is -0.860. The van der Waals surface area contributed by atoms with Crippen molar-refractivity contribution in [2.45, 2.75) is 31.7 Å². The molecule has 0 spiro atoms. The fraction of sp³-hybridized carbons (Fsp3) is 0.600. The number of ether oxygens (including phenoxy) is 1. The molecule has 0 bridgehead atoms. The van der Waals surface area contributed by atoms with Gasteiger partial charge in [-0.3, -0.25) is 0 Å². The van der Waals surface area contributed by atoms with Gasteiger partial charge in [0.25, 0.3) is 0 Å². The van der Waals surface area contributed by atoms with E-state index in [2.05, 4.69) is 29.6 Å². The largest absolute Gasteiger partial charge is 0.381 e. The first kappa shape index (κ1) is 11.2. The van der Waals surface area contributed by atoms with Gasteiger partial charge in [0.1, 0.15) is 0 Å². The normalized spacial score (nSPS) is 24.1. The van der Waals surface area contributed by atoms with Crippen molar-refractivity contribution in [2.24, 2.45) is 5.92 Å². The second-order valence-corrected chi connectivity index (χ2v) is 5.38. The third-order valence-corrected chi connectivity index (χ3v) is 3.81. The monoisotopic (exact) mass is 231 g/mol. The summed E-state index contributed by atoms with van der Waals surface area (Å²) in [5.41, 5.74) is 2.92. The predicted octanol–water partition coefficient (Wildman–Crippen LogP) is 2.69.